The summed E-state index contributed by atoms with van der Waals surface area (Å²) in [4.78, 5) is 11.0. The second kappa shape index (κ2) is 8.51. The highest BCUT2D eigenvalue weighted by atomic mass is 35.5. The molecule has 0 aliphatic carbocycles. The molecule has 1 aliphatic rings. The first-order valence-electron chi connectivity index (χ1n) is 9.57. The van der Waals surface area contributed by atoms with Crippen molar-refractivity contribution < 1.29 is 0 Å². The lowest BCUT2D eigenvalue weighted by atomic mass is 10.1. The lowest BCUT2D eigenvalue weighted by molar-refractivity contribution is 0.521. The molecule has 1 aliphatic heterocycles. The summed E-state index contributed by atoms with van der Waals surface area (Å²) in [6.45, 7) is 3.56. The van der Waals surface area contributed by atoms with E-state index < -0.39 is 0 Å². The van der Waals surface area contributed by atoms with Crippen LogP contribution in [0.1, 0.15) is 24.2 Å². The van der Waals surface area contributed by atoms with Gasteiger partial charge in [-0.25, -0.2) is 4.98 Å². The summed E-state index contributed by atoms with van der Waals surface area (Å²) in [6.07, 6.45) is 5.26. The second-order valence-electron chi connectivity index (χ2n) is 7.11. The zero-order valence-electron chi connectivity index (χ0n) is 16.7. The molecule has 11 heteroatoms. The van der Waals surface area contributed by atoms with Crippen LogP contribution in [0.2, 0.25) is 5.02 Å². The van der Waals surface area contributed by atoms with Crippen LogP contribution in [0.15, 0.2) is 24.5 Å². The number of piperidine rings is 1. The smallest absolute Gasteiger partial charge is 0.229 e. The van der Waals surface area contributed by atoms with Crippen molar-refractivity contribution in [2.75, 3.05) is 28.6 Å². The van der Waals surface area contributed by atoms with Crippen molar-refractivity contribution in [2.45, 2.75) is 25.8 Å². The molecule has 0 saturated carbocycles. The van der Waals surface area contributed by atoms with Crippen LogP contribution >= 0.6 is 11.6 Å². The van der Waals surface area contributed by atoms with E-state index in [0.717, 1.165) is 43.1 Å². The van der Waals surface area contributed by atoms with E-state index in [9.17, 15) is 0 Å². The van der Waals surface area contributed by atoms with E-state index in [0.29, 0.717) is 22.5 Å². The predicted molar refractivity (Wildman–Crippen MR) is 114 cm³/mol. The number of aryl methyl sites for hydroxylation is 2. The van der Waals surface area contributed by atoms with E-state index in [4.69, 9.17) is 16.9 Å². The lowest BCUT2D eigenvalue weighted by Gasteiger charge is -2.33. The average molecular weight is 425 g/mol. The molecule has 3 aromatic heterocycles. The van der Waals surface area contributed by atoms with Gasteiger partial charge in [0.05, 0.1) is 17.6 Å². The Morgan fingerprint density at radius 2 is 2.03 bits per heavy atom. The monoisotopic (exact) mass is 424 g/mol. The largest absolute Gasteiger partial charge is 0.366 e. The normalized spacial score (nSPS) is 14.4. The molecule has 154 valence electrons. The Labute approximate surface area is 178 Å². The Kier molecular flexibility index (Phi) is 5.63. The fourth-order valence-corrected chi connectivity index (χ4v) is 3.52. The van der Waals surface area contributed by atoms with Gasteiger partial charge in [0.1, 0.15) is 11.1 Å². The van der Waals surface area contributed by atoms with Crippen LogP contribution in [0.3, 0.4) is 0 Å². The van der Waals surface area contributed by atoms with Gasteiger partial charge in [-0.1, -0.05) is 11.6 Å². The van der Waals surface area contributed by atoms with Crippen LogP contribution in [0.4, 0.5) is 23.3 Å². The van der Waals surface area contributed by atoms with E-state index in [1.807, 2.05) is 32.3 Å². The van der Waals surface area contributed by atoms with Crippen molar-refractivity contribution in [3.05, 3.63) is 40.9 Å². The topological polar surface area (TPSA) is 120 Å². The van der Waals surface area contributed by atoms with Gasteiger partial charge in [-0.05, 0) is 31.9 Å². The number of nitrogens with one attached hydrogen (secondary N) is 2. The molecule has 10 nitrogen and oxygen atoms in total. The third-order valence-corrected chi connectivity index (χ3v) is 5.21. The molecule has 30 heavy (non-hydrogen) atoms. The fraction of sp³-hybridized carbons (Fsp3) is 0.368. The van der Waals surface area contributed by atoms with E-state index in [-0.39, 0.29) is 6.04 Å². The molecule has 1 saturated heterocycles. The number of halogens is 1. The molecule has 0 bridgehead atoms. The Bertz CT molecular complexity index is 1060. The molecule has 0 amide bonds. The van der Waals surface area contributed by atoms with Crippen LogP contribution in [0.5, 0.6) is 0 Å². The van der Waals surface area contributed by atoms with E-state index >= 15 is 0 Å². The average Bonchev–Trinajstić information content (AvgIpc) is 3.07. The van der Waals surface area contributed by atoms with Crippen LogP contribution in [-0.2, 0) is 7.05 Å². The number of aromatic nitrogens is 6. The molecular weight excluding hydrogens is 404 g/mol. The summed E-state index contributed by atoms with van der Waals surface area (Å²) in [7, 11) is 1.86. The van der Waals surface area contributed by atoms with Gasteiger partial charge < -0.3 is 15.5 Å². The predicted octanol–water partition coefficient (Wildman–Crippen LogP) is 2.66. The molecule has 2 N–H and O–H groups in total. The maximum absolute atomic E-state index is 8.85. The maximum atomic E-state index is 8.85. The maximum Gasteiger partial charge on any atom is 0.229 e. The minimum Gasteiger partial charge on any atom is -0.366 e. The number of nitrogens with zero attached hydrogens (tertiary/aromatic N) is 8. The van der Waals surface area contributed by atoms with E-state index in [1.165, 1.54) is 0 Å². The highest BCUT2D eigenvalue weighted by molar-refractivity contribution is 6.32. The molecule has 1 fully saturated rings. The SMILES string of the molecule is Cc1nn(C)cc1Nc1ncc(Cl)c(NC2CCN(c3ccc(C#N)nn3)CC2)n1. The lowest BCUT2D eigenvalue weighted by Crippen LogP contribution is -2.39. The summed E-state index contributed by atoms with van der Waals surface area (Å²) < 4.78 is 1.73. The highest BCUT2D eigenvalue weighted by Gasteiger charge is 2.22. The Hall–Kier alpha value is -3.45. The van der Waals surface area contributed by atoms with Gasteiger partial charge in [-0.3, -0.25) is 4.68 Å². The summed E-state index contributed by atoms with van der Waals surface area (Å²) in [5.74, 6) is 1.85. The Balaban J connectivity index is 1.38. The summed E-state index contributed by atoms with van der Waals surface area (Å²) in [5.41, 5.74) is 2.03. The molecule has 4 heterocycles. The standard InChI is InChI=1S/C19H21ClN10/c1-12-16(11-29(2)28-12)24-19-22-10-15(20)18(25-19)23-13-5-7-30(8-6-13)17-4-3-14(9-21)26-27-17/h3-4,10-11,13H,5-8H2,1-2H3,(H2,22,23,24,25). The van der Waals surface area contributed by atoms with Crippen molar-refractivity contribution in [1.82, 2.24) is 29.9 Å². The van der Waals surface area contributed by atoms with Gasteiger partial charge in [0.15, 0.2) is 17.3 Å². The van der Waals surface area contributed by atoms with Crippen LogP contribution < -0.4 is 15.5 Å². The van der Waals surface area contributed by atoms with Crippen molar-refractivity contribution in [3.8, 4) is 6.07 Å². The van der Waals surface area contributed by atoms with Crippen molar-refractivity contribution in [2.24, 2.45) is 7.05 Å². The summed E-state index contributed by atoms with van der Waals surface area (Å²) in [5, 5.41) is 28.3. The van der Waals surface area contributed by atoms with Gasteiger partial charge in [0.25, 0.3) is 0 Å². The van der Waals surface area contributed by atoms with Crippen molar-refractivity contribution in [3.63, 3.8) is 0 Å². The first-order valence-corrected chi connectivity index (χ1v) is 9.95. The third kappa shape index (κ3) is 4.41. The van der Waals surface area contributed by atoms with Crippen molar-refractivity contribution >= 4 is 34.9 Å². The van der Waals surface area contributed by atoms with Crippen LogP contribution in [0.25, 0.3) is 0 Å². The number of hydrogen-bond acceptors (Lipinski definition) is 9. The number of anilines is 4. The number of nitriles is 1. The van der Waals surface area contributed by atoms with Gasteiger partial charge in [-0.2, -0.15) is 15.3 Å². The number of rotatable bonds is 5. The zero-order valence-corrected chi connectivity index (χ0v) is 17.4. The van der Waals surface area contributed by atoms with E-state index in [1.54, 1.807) is 16.9 Å². The highest BCUT2D eigenvalue weighted by Crippen LogP contribution is 2.25. The minimum absolute atomic E-state index is 0.230. The molecule has 3 aromatic rings. The Morgan fingerprint density at radius 3 is 2.67 bits per heavy atom. The molecule has 0 unspecified atom stereocenters. The van der Waals surface area contributed by atoms with Crippen LogP contribution in [-0.4, -0.2) is 49.1 Å². The third-order valence-electron chi connectivity index (χ3n) is 4.93. The molecule has 0 aromatic carbocycles. The number of hydrogen-bond donors (Lipinski definition) is 2. The van der Waals surface area contributed by atoms with Gasteiger partial charge in [0, 0.05) is 32.4 Å². The summed E-state index contributed by atoms with van der Waals surface area (Å²) in [6, 6.07) is 5.73. The first kappa shape index (κ1) is 19.8. The Morgan fingerprint density at radius 1 is 1.23 bits per heavy atom. The molecular formula is C19H21ClN10. The molecule has 0 radical (unpaired) electrons. The first-order chi connectivity index (χ1) is 14.5. The molecule has 0 spiro atoms. The van der Waals surface area contributed by atoms with Gasteiger partial charge in [-0.15, -0.1) is 10.2 Å². The van der Waals surface area contributed by atoms with Crippen molar-refractivity contribution in [1.29, 1.82) is 5.26 Å². The van der Waals surface area contributed by atoms with Gasteiger partial charge in [0.2, 0.25) is 5.95 Å². The quantitative estimate of drug-likeness (QED) is 0.636. The van der Waals surface area contributed by atoms with Crippen LogP contribution in [0, 0.1) is 18.3 Å². The van der Waals surface area contributed by atoms with E-state index in [2.05, 4.69) is 40.8 Å². The molecule has 4 rings (SSSR count). The summed E-state index contributed by atoms with van der Waals surface area (Å²) >= 11 is 6.32. The minimum atomic E-state index is 0.230. The zero-order chi connectivity index (χ0) is 21.1. The van der Waals surface area contributed by atoms with Gasteiger partial charge >= 0.3 is 0 Å². The second-order valence-corrected chi connectivity index (χ2v) is 7.52. The fourth-order valence-electron chi connectivity index (χ4n) is 3.37. The molecule has 0 atom stereocenters.